The van der Waals surface area contributed by atoms with E-state index in [1.54, 1.807) is 0 Å². The Hall–Kier alpha value is -1.86. The first-order chi connectivity index (χ1) is 8.61. The summed E-state index contributed by atoms with van der Waals surface area (Å²) in [5, 5.41) is 31.9. The lowest BCUT2D eigenvalue weighted by Crippen LogP contribution is -2.30. The molecule has 0 amide bonds. The highest BCUT2D eigenvalue weighted by atomic mass is 35.5. The number of carboxylic acids is 1. The maximum absolute atomic E-state index is 11.1. The molecule has 0 saturated carbocycles. The SMILES string of the molecule is CC(C)(O)CNc1c(Cl)cc([N+](=O)[O-])cc1C(=O)O. The fourth-order valence-electron chi connectivity index (χ4n) is 1.35. The maximum Gasteiger partial charge on any atom is 0.338 e. The van der Waals surface area contributed by atoms with Crippen LogP contribution in [-0.4, -0.2) is 33.3 Å². The molecule has 104 valence electrons. The lowest BCUT2D eigenvalue weighted by molar-refractivity contribution is -0.384. The van der Waals surface area contributed by atoms with Gasteiger partial charge in [-0.3, -0.25) is 10.1 Å². The maximum atomic E-state index is 11.1. The highest BCUT2D eigenvalue weighted by Crippen LogP contribution is 2.31. The zero-order valence-corrected chi connectivity index (χ0v) is 11.1. The number of nitrogens with zero attached hydrogens (tertiary/aromatic N) is 1. The lowest BCUT2D eigenvalue weighted by atomic mass is 10.1. The van der Waals surface area contributed by atoms with E-state index in [1.807, 2.05) is 0 Å². The third-order valence-corrected chi connectivity index (χ3v) is 2.51. The van der Waals surface area contributed by atoms with E-state index in [1.165, 1.54) is 13.8 Å². The molecular formula is C11H13ClN2O5. The number of carboxylic acid groups (broad SMARTS) is 1. The van der Waals surface area contributed by atoms with E-state index in [9.17, 15) is 20.0 Å². The molecule has 0 radical (unpaired) electrons. The zero-order chi connectivity index (χ0) is 14.8. The van der Waals surface area contributed by atoms with Crippen LogP contribution >= 0.6 is 11.6 Å². The molecule has 19 heavy (non-hydrogen) atoms. The van der Waals surface area contributed by atoms with E-state index in [4.69, 9.17) is 16.7 Å². The quantitative estimate of drug-likeness (QED) is 0.565. The van der Waals surface area contributed by atoms with Crippen LogP contribution in [0.2, 0.25) is 5.02 Å². The molecule has 8 heteroatoms. The van der Waals surface area contributed by atoms with Gasteiger partial charge in [-0.2, -0.15) is 0 Å². The fourth-order valence-corrected chi connectivity index (χ4v) is 1.63. The van der Waals surface area contributed by atoms with Crippen LogP contribution < -0.4 is 5.32 Å². The Labute approximate surface area is 114 Å². The Morgan fingerprint density at radius 1 is 1.53 bits per heavy atom. The summed E-state index contributed by atoms with van der Waals surface area (Å²) in [5.41, 5.74) is -1.76. The van der Waals surface area contributed by atoms with Crippen molar-refractivity contribution in [2.24, 2.45) is 0 Å². The van der Waals surface area contributed by atoms with Crippen LogP contribution in [0.4, 0.5) is 11.4 Å². The second kappa shape index (κ2) is 5.41. The van der Waals surface area contributed by atoms with Gasteiger partial charge in [0.25, 0.3) is 5.69 Å². The van der Waals surface area contributed by atoms with Crippen LogP contribution in [0.5, 0.6) is 0 Å². The van der Waals surface area contributed by atoms with Gasteiger partial charge < -0.3 is 15.5 Å². The molecule has 0 aliphatic carbocycles. The standard InChI is InChI=1S/C11H13ClN2O5/c1-11(2,17)5-13-9-7(10(15)16)3-6(14(18)19)4-8(9)12/h3-4,13,17H,5H2,1-2H3,(H,15,16). The van der Waals surface area contributed by atoms with Crippen molar-refractivity contribution in [2.45, 2.75) is 19.4 Å². The number of non-ortho nitro benzene ring substituents is 1. The van der Waals surface area contributed by atoms with E-state index >= 15 is 0 Å². The smallest absolute Gasteiger partial charge is 0.338 e. The first kappa shape index (κ1) is 15.2. The molecule has 0 heterocycles. The molecule has 3 N–H and O–H groups in total. The Morgan fingerprint density at radius 2 is 2.11 bits per heavy atom. The molecule has 0 unspecified atom stereocenters. The highest BCUT2D eigenvalue weighted by molar-refractivity contribution is 6.34. The monoisotopic (exact) mass is 288 g/mol. The Bertz CT molecular complexity index is 525. The molecule has 1 aromatic rings. The average Bonchev–Trinajstić information content (AvgIpc) is 2.24. The molecule has 0 aliphatic rings. The number of halogens is 1. The topological polar surface area (TPSA) is 113 Å². The van der Waals surface area contributed by atoms with E-state index in [2.05, 4.69) is 5.32 Å². The Balaban J connectivity index is 3.23. The van der Waals surface area contributed by atoms with Crippen LogP contribution in [0.15, 0.2) is 12.1 Å². The second-order valence-corrected chi connectivity index (χ2v) is 4.99. The first-order valence-corrected chi connectivity index (χ1v) is 5.67. The number of aromatic carboxylic acids is 1. The predicted octanol–water partition coefficient (Wildman–Crippen LogP) is 2.13. The van der Waals surface area contributed by atoms with E-state index in [0.29, 0.717) is 0 Å². The summed E-state index contributed by atoms with van der Waals surface area (Å²) >= 11 is 5.84. The van der Waals surface area contributed by atoms with Crippen molar-refractivity contribution >= 4 is 28.9 Å². The average molecular weight is 289 g/mol. The number of anilines is 1. The number of hydrogen-bond donors (Lipinski definition) is 3. The van der Waals surface area contributed by atoms with E-state index in [0.717, 1.165) is 12.1 Å². The molecular weight excluding hydrogens is 276 g/mol. The van der Waals surface area contributed by atoms with Gasteiger partial charge in [0.1, 0.15) is 0 Å². The minimum atomic E-state index is -1.34. The molecule has 0 atom stereocenters. The first-order valence-electron chi connectivity index (χ1n) is 5.29. The molecule has 0 bridgehead atoms. The van der Waals surface area contributed by atoms with Crippen molar-refractivity contribution in [3.05, 3.63) is 32.8 Å². The summed E-state index contributed by atoms with van der Waals surface area (Å²) in [4.78, 5) is 21.0. The Morgan fingerprint density at radius 3 is 2.53 bits per heavy atom. The van der Waals surface area contributed by atoms with Gasteiger partial charge >= 0.3 is 5.97 Å². The predicted molar refractivity (Wildman–Crippen MR) is 69.9 cm³/mol. The number of rotatable bonds is 5. The highest BCUT2D eigenvalue weighted by Gasteiger charge is 2.21. The summed E-state index contributed by atoms with van der Waals surface area (Å²) < 4.78 is 0. The number of nitro benzene ring substituents is 1. The van der Waals surface area contributed by atoms with Gasteiger partial charge in [-0.15, -0.1) is 0 Å². The summed E-state index contributed by atoms with van der Waals surface area (Å²) in [6, 6.07) is 1.97. The number of aliphatic hydroxyl groups is 1. The van der Waals surface area contributed by atoms with Crippen molar-refractivity contribution in [3.8, 4) is 0 Å². The van der Waals surface area contributed by atoms with Crippen molar-refractivity contribution in [2.75, 3.05) is 11.9 Å². The third kappa shape index (κ3) is 4.08. The number of benzene rings is 1. The van der Waals surface area contributed by atoms with Crippen molar-refractivity contribution in [3.63, 3.8) is 0 Å². The van der Waals surface area contributed by atoms with Gasteiger partial charge in [0.05, 0.1) is 26.8 Å². The van der Waals surface area contributed by atoms with Crippen LogP contribution in [0.3, 0.4) is 0 Å². The molecule has 0 spiro atoms. The number of nitrogens with one attached hydrogen (secondary N) is 1. The second-order valence-electron chi connectivity index (χ2n) is 4.58. The van der Waals surface area contributed by atoms with E-state index in [-0.39, 0.29) is 22.8 Å². The van der Waals surface area contributed by atoms with Gasteiger partial charge in [-0.25, -0.2) is 4.79 Å². The summed E-state index contributed by atoms with van der Waals surface area (Å²) in [5.74, 6) is -1.34. The minimum absolute atomic E-state index is 0.0434. The van der Waals surface area contributed by atoms with Crippen LogP contribution in [0.1, 0.15) is 24.2 Å². The summed E-state index contributed by atoms with van der Waals surface area (Å²) in [6.45, 7) is 3.10. The molecule has 0 aromatic heterocycles. The van der Waals surface area contributed by atoms with Gasteiger partial charge in [0.2, 0.25) is 0 Å². The zero-order valence-electron chi connectivity index (χ0n) is 10.3. The molecule has 1 rings (SSSR count). The lowest BCUT2D eigenvalue weighted by Gasteiger charge is -2.20. The molecule has 0 fully saturated rings. The van der Waals surface area contributed by atoms with Gasteiger partial charge in [0, 0.05) is 18.7 Å². The normalized spacial score (nSPS) is 11.2. The Kier molecular flexibility index (Phi) is 4.33. The molecule has 7 nitrogen and oxygen atoms in total. The van der Waals surface area contributed by atoms with Crippen LogP contribution in [-0.2, 0) is 0 Å². The van der Waals surface area contributed by atoms with Gasteiger partial charge in [-0.1, -0.05) is 11.6 Å². The van der Waals surface area contributed by atoms with Crippen molar-refractivity contribution < 1.29 is 19.9 Å². The van der Waals surface area contributed by atoms with Gasteiger partial charge in [0.15, 0.2) is 0 Å². The molecule has 0 aliphatic heterocycles. The largest absolute Gasteiger partial charge is 0.478 e. The number of hydrogen-bond acceptors (Lipinski definition) is 5. The summed E-state index contributed by atoms with van der Waals surface area (Å²) in [6.07, 6.45) is 0. The van der Waals surface area contributed by atoms with Crippen molar-refractivity contribution in [1.29, 1.82) is 0 Å². The van der Waals surface area contributed by atoms with E-state index < -0.39 is 22.2 Å². The summed E-state index contributed by atoms with van der Waals surface area (Å²) in [7, 11) is 0. The number of carbonyl (C=O) groups is 1. The third-order valence-electron chi connectivity index (χ3n) is 2.21. The molecule has 0 saturated heterocycles. The molecule has 1 aromatic carbocycles. The van der Waals surface area contributed by atoms with Crippen LogP contribution in [0, 0.1) is 10.1 Å². The van der Waals surface area contributed by atoms with Crippen LogP contribution in [0.25, 0.3) is 0 Å². The number of nitro groups is 1. The van der Waals surface area contributed by atoms with Crippen molar-refractivity contribution in [1.82, 2.24) is 0 Å². The minimum Gasteiger partial charge on any atom is -0.478 e. The van der Waals surface area contributed by atoms with Gasteiger partial charge in [-0.05, 0) is 13.8 Å². The fraction of sp³-hybridized carbons (Fsp3) is 0.364.